The molecule has 104 valence electrons. The van der Waals surface area contributed by atoms with Crippen molar-refractivity contribution < 1.29 is 0 Å². The number of hydrogen-bond acceptors (Lipinski definition) is 2. The van der Waals surface area contributed by atoms with Gasteiger partial charge in [0.05, 0.1) is 5.69 Å². The van der Waals surface area contributed by atoms with E-state index in [4.69, 9.17) is 0 Å². The first kappa shape index (κ1) is 15.2. The SMILES string of the molecule is CCNC(CCCc1cc(C)nn1C)C(C)(C)C. The summed E-state index contributed by atoms with van der Waals surface area (Å²) in [5.41, 5.74) is 2.79. The molecule has 1 unspecified atom stereocenters. The van der Waals surface area contributed by atoms with Crippen molar-refractivity contribution in [2.45, 2.75) is 59.9 Å². The van der Waals surface area contributed by atoms with E-state index in [1.807, 2.05) is 11.7 Å². The molecule has 1 heterocycles. The quantitative estimate of drug-likeness (QED) is 0.842. The van der Waals surface area contributed by atoms with Crippen LogP contribution in [0.25, 0.3) is 0 Å². The van der Waals surface area contributed by atoms with Crippen molar-refractivity contribution in [1.29, 1.82) is 0 Å². The third-order valence-electron chi connectivity index (χ3n) is 3.52. The molecule has 0 bridgehead atoms. The molecule has 0 aromatic carbocycles. The monoisotopic (exact) mass is 251 g/mol. The molecule has 1 atom stereocenters. The molecule has 1 aromatic heterocycles. The van der Waals surface area contributed by atoms with Crippen LogP contribution in [0.2, 0.25) is 0 Å². The zero-order chi connectivity index (χ0) is 13.8. The van der Waals surface area contributed by atoms with E-state index in [2.05, 4.69) is 51.1 Å². The van der Waals surface area contributed by atoms with E-state index in [0.29, 0.717) is 11.5 Å². The van der Waals surface area contributed by atoms with Crippen LogP contribution in [0.15, 0.2) is 6.07 Å². The summed E-state index contributed by atoms with van der Waals surface area (Å²) in [4.78, 5) is 0. The summed E-state index contributed by atoms with van der Waals surface area (Å²) in [5.74, 6) is 0. The Morgan fingerprint density at radius 2 is 2.06 bits per heavy atom. The molecule has 0 radical (unpaired) electrons. The van der Waals surface area contributed by atoms with E-state index in [1.54, 1.807) is 0 Å². The van der Waals surface area contributed by atoms with E-state index >= 15 is 0 Å². The topological polar surface area (TPSA) is 29.9 Å². The molecule has 0 aliphatic heterocycles. The summed E-state index contributed by atoms with van der Waals surface area (Å²) in [6, 6.07) is 2.79. The predicted molar refractivity (Wildman–Crippen MR) is 77.8 cm³/mol. The lowest BCUT2D eigenvalue weighted by Gasteiger charge is -2.31. The minimum atomic E-state index is 0.332. The zero-order valence-corrected chi connectivity index (χ0v) is 12.9. The molecule has 3 heteroatoms. The highest BCUT2D eigenvalue weighted by atomic mass is 15.3. The van der Waals surface area contributed by atoms with Crippen molar-refractivity contribution in [2.75, 3.05) is 6.54 Å². The van der Waals surface area contributed by atoms with Crippen molar-refractivity contribution in [2.24, 2.45) is 12.5 Å². The smallest absolute Gasteiger partial charge is 0.0596 e. The van der Waals surface area contributed by atoms with Crippen molar-refractivity contribution in [1.82, 2.24) is 15.1 Å². The zero-order valence-electron chi connectivity index (χ0n) is 12.9. The summed E-state index contributed by atoms with van der Waals surface area (Å²) in [6.45, 7) is 12.2. The Morgan fingerprint density at radius 1 is 1.39 bits per heavy atom. The molecule has 1 rings (SSSR count). The van der Waals surface area contributed by atoms with E-state index < -0.39 is 0 Å². The van der Waals surface area contributed by atoms with Gasteiger partial charge in [0, 0.05) is 18.8 Å². The number of hydrogen-bond donors (Lipinski definition) is 1. The first-order valence-electron chi connectivity index (χ1n) is 7.07. The van der Waals surface area contributed by atoms with Crippen LogP contribution in [0.3, 0.4) is 0 Å². The van der Waals surface area contributed by atoms with Crippen molar-refractivity contribution >= 4 is 0 Å². The minimum Gasteiger partial charge on any atom is -0.314 e. The average molecular weight is 251 g/mol. The van der Waals surface area contributed by atoms with Gasteiger partial charge in [0.25, 0.3) is 0 Å². The standard InChI is InChI=1S/C15H29N3/c1-7-16-14(15(3,4)5)10-8-9-13-11-12(2)17-18(13)6/h11,14,16H,7-10H2,1-6H3. The Kier molecular flexibility index (Phi) is 5.39. The summed E-state index contributed by atoms with van der Waals surface area (Å²) >= 11 is 0. The van der Waals surface area contributed by atoms with Crippen LogP contribution in [0.1, 0.15) is 51.9 Å². The molecule has 0 saturated carbocycles. The number of nitrogens with one attached hydrogen (secondary N) is 1. The lowest BCUT2D eigenvalue weighted by Crippen LogP contribution is -2.40. The van der Waals surface area contributed by atoms with Gasteiger partial charge in [-0.05, 0) is 44.2 Å². The van der Waals surface area contributed by atoms with Gasteiger partial charge in [-0.25, -0.2) is 0 Å². The second kappa shape index (κ2) is 6.37. The molecule has 1 aromatic rings. The normalized spacial score (nSPS) is 13.9. The molecule has 0 amide bonds. The van der Waals surface area contributed by atoms with Gasteiger partial charge in [0.15, 0.2) is 0 Å². The summed E-state index contributed by atoms with van der Waals surface area (Å²) in [5, 5.41) is 8.00. The van der Waals surface area contributed by atoms with Crippen molar-refractivity contribution in [3.8, 4) is 0 Å². The largest absolute Gasteiger partial charge is 0.314 e. The summed E-state index contributed by atoms with van der Waals surface area (Å²) in [6.07, 6.45) is 3.56. The van der Waals surface area contributed by atoms with Crippen LogP contribution in [0.4, 0.5) is 0 Å². The molecule has 0 saturated heterocycles. The molecule has 1 N–H and O–H groups in total. The van der Waals surface area contributed by atoms with E-state index in [1.165, 1.54) is 18.5 Å². The Hall–Kier alpha value is -0.830. The van der Waals surface area contributed by atoms with Crippen molar-refractivity contribution in [3.63, 3.8) is 0 Å². The third-order valence-corrected chi connectivity index (χ3v) is 3.52. The van der Waals surface area contributed by atoms with E-state index in [-0.39, 0.29) is 0 Å². The van der Waals surface area contributed by atoms with Gasteiger partial charge in [-0.3, -0.25) is 4.68 Å². The molecule has 18 heavy (non-hydrogen) atoms. The predicted octanol–water partition coefficient (Wildman–Crippen LogP) is 3.08. The molecule has 0 aliphatic carbocycles. The molecular formula is C15H29N3. The first-order chi connectivity index (χ1) is 8.34. The van der Waals surface area contributed by atoms with Crippen LogP contribution in [0.5, 0.6) is 0 Å². The van der Waals surface area contributed by atoms with E-state index in [0.717, 1.165) is 18.7 Å². The molecule has 3 nitrogen and oxygen atoms in total. The maximum Gasteiger partial charge on any atom is 0.0596 e. The lowest BCUT2D eigenvalue weighted by atomic mass is 9.83. The van der Waals surface area contributed by atoms with Gasteiger partial charge in [0.2, 0.25) is 0 Å². The van der Waals surface area contributed by atoms with E-state index in [9.17, 15) is 0 Å². The summed E-state index contributed by atoms with van der Waals surface area (Å²) in [7, 11) is 2.04. The fraction of sp³-hybridized carbons (Fsp3) is 0.800. The van der Waals surface area contributed by atoms with Crippen molar-refractivity contribution in [3.05, 3.63) is 17.5 Å². The highest BCUT2D eigenvalue weighted by molar-refractivity contribution is 5.08. The number of aromatic nitrogens is 2. The van der Waals surface area contributed by atoms with Gasteiger partial charge in [0.1, 0.15) is 0 Å². The minimum absolute atomic E-state index is 0.332. The maximum absolute atomic E-state index is 4.39. The molecule has 0 spiro atoms. The van der Waals surface area contributed by atoms with Gasteiger partial charge < -0.3 is 5.32 Å². The van der Waals surface area contributed by atoms with Crippen LogP contribution >= 0.6 is 0 Å². The lowest BCUT2D eigenvalue weighted by molar-refractivity contribution is 0.254. The molecule has 0 aliphatic rings. The van der Waals surface area contributed by atoms with Crippen LogP contribution in [0, 0.1) is 12.3 Å². The Labute approximate surface area is 112 Å². The Balaban J connectivity index is 2.46. The maximum atomic E-state index is 4.39. The highest BCUT2D eigenvalue weighted by Gasteiger charge is 2.23. The third kappa shape index (κ3) is 4.45. The average Bonchev–Trinajstić information content (AvgIpc) is 2.55. The fourth-order valence-corrected chi connectivity index (χ4v) is 2.47. The van der Waals surface area contributed by atoms with Gasteiger partial charge in [-0.1, -0.05) is 27.7 Å². The van der Waals surface area contributed by atoms with Crippen LogP contribution in [-0.4, -0.2) is 22.4 Å². The van der Waals surface area contributed by atoms with Gasteiger partial charge in [-0.15, -0.1) is 0 Å². The van der Waals surface area contributed by atoms with Crippen LogP contribution < -0.4 is 5.32 Å². The molecular weight excluding hydrogens is 222 g/mol. The van der Waals surface area contributed by atoms with Gasteiger partial charge in [-0.2, -0.15) is 5.10 Å². The number of nitrogens with zero attached hydrogens (tertiary/aromatic N) is 2. The summed E-state index contributed by atoms with van der Waals surface area (Å²) < 4.78 is 2.01. The van der Waals surface area contributed by atoms with Crippen LogP contribution in [-0.2, 0) is 13.5 Å². The molecule has 0 fully saturated rings. The second-order valence-electron chi connectivity index (χ2n) is 6.27. The number of aryl methyl sites for hydroxylation is 3. The fourth-order valence-electron chi connectivity index (χ4n) is 2.47. The number of rotatable bonds is 6. The second-order valence-corrected chi connectivity index (χ2v) is 6.27. The van der Waals surface area contributed by atoms with Gasteiger partial charge >= 0.3 is 0 Å². The first-order valence-corrected chi connectivity index (χ1v) is 7.07. The highest BCUT2D eigenvalue weighted by Crippen LogP contribution is 2.23. The Morgan fingerprint density at radius 3 is 2.50 bits per heavy atom. The Bertz CT molecular complexity index is 360.